The van der Waals surface area contributed by atoms with Gasteiger partial charge in [-0.3, -0.25) is 0 Å². The van der Waals surface area contributed by atoms with Crippen molar-refractivity contribution in [1.29, 1.82) is 0 Å². The van der Waals surface area contributed by atoms with Crippen molar-refractivity contribution in [2.45, 2.75) is 0 Å². The average molecular weight is 677 g/mol. The first-order valence-electron chi connectivity index (χ1n) is 30.2. The maximum Gasteiger partial charge on any atom is 0.136 e. The maximum atomic E-state index is 10.1. The Kier molecular flexibility index (Phi) is 2.50. The van der Waals surface area contributed by atoms with Crippen molar-refractivity contribution in [2.75, 3.05) is 0 Å². The van der Waals surface area contributed by atoms with Crippen LogP contribution in [0.15, 0.2) is 186 Å². The molecule has 11 rings (SSSR count). The van der Waals surface area contributed by atoms with Crippen molar-refractivity contribution < 1.29 is 45.5 Å². The second kappa shape index (κ2) is 10.9. The molecule has 0 radical (unpaired) electrons. The highest BCUT2D eigenvalue weighted by Gasteiger charge is 2.19. The van der Waals surface area contributed by atoms with Gasteiger partial charge in [0.25, 0.3) is 0 Å². The van der Waals surface area contributed by atoms with Crippen LogP contribution in [-0.4, -0.2) is 0 Å². The highest BCUT2D eigenvalue weighted by atomic mass is 16.3. The number of hydrogen-bond donors (Lipinski definition) is 0. The van der Waals surface area contributed by atoms with Crippen molar-refractivity contribution in [2.24, 2.45) is 0 Å². The van der Waals surface area contributed by atoms with E-state index in [0.29, 0.717) is 0 Å². The standard InChI is InChI=1S/C50H30O/c1-3-15-36-31(11-1)13-10-22-39(36)49-42-19-7-5-17-40(42)48(41-18-6-8-20-43(41)49)35-24-23-33-14-9-21-37(45(33)29-35)34-25-27-44-47(30-34)51-46-28-26-32-12-2-4-16-38(32)50(44)46/h1-30H/i1D,2D,3D,4D,5D,6D,7D,8D,9D,10D,11D,12D,13D,14D,15D,16D,17D,18D,19D,20D,21D,22D,23D,24D,25D,26D,27D,28D,29D,30D. The molecule has 0 amide bonds. The van der Waals surface area contributed by atoms with Crippen molar-refractivity contribution in [1.82, 2.24) is 0 Å². The summed E-state index contributed by atoms with van der Waals surface area (Å²) in [5, 5.41) is -7.73. The molecule has 1 nitrogen and oxygen atoms in total. The summed E-state index contributed by atoms with van der Waals surface area (Å²) in [6.07, 6.45) is 0. The summed E-state index contributed by atoms with van der Waals surface area (Å²) in [5.41, 5.74) is -6.08. The van der Waals surface area contributed by atoms with Gasteiger partial charge < -0.3 is 4.42 Å². The van der Waals surface area contributed by atoms with Gasteiger partial charge in [0.2, 0.25) is 0 Å². The maximum absolute atomic E-state index is 10.1. The Hall–Kier alpha value is -6.70. The summed E-state index contributed by atoms with van der Waals surface area (Å²) in [6, 6.07) is -28.3. The third-order valence-electron chi connectivity index (χ3n) is 8.57. The van der Waals surface area contributed by atoms with Crippen LogP contribution in [0.25, 0.3) is 109 Å². The molecule has 0 bridgehead atoms. The summed E-state index contributed by atoms with van der Waals surface area (Å²) in [4.78, 5) is 0. The van der Waals surface area contributed by atoms with Crippen molar-refractivity contribution in [3.8, 4) is 33.4 Å². The molecule has 11 aromatic rings. The summed E-state index contributed by atoms with van der Waals surface area (Å²) in [5.74, 6) is 0. The van der Waals surface area contributed by atoms with E-state index in [9.17, 15) is 16.4 Å². The smallest absolute Gasteiger partial charge is 0.136 e. The van der Waals surface area contributed by atoms with Gasteiger partial charge in [0.05, 0.1) is 41.1 Å². The predicted molar refractivity (Wildman–Crippen MR) is 218 cm³/mol. The van der Waals surface area contributed by atoms with Crippen molar-refractivity contribution in [3.05, 3.63) is 181 Å². The SMILES string of the molecule is [2H]c1c([2H])c(-c2c([2H])c([2H])c3c(oc4c([2H])c([2H])c5c([2H])c([2H])c([2H])c([2H])c5c43)c2[2H])c2c([2H])c(-c3c4c([2H])c([2H])c([2H])c([2H])c4c(-c4c([2H])c([2H])c([2H])c5c([2H])c([2H])c([2H])c([2H])c45)c4c([2H])c([2H])c([2H])c([2H])c34)c([2H])c([2H])c2c1[2H]. The molecular weight excluding hydrogens is 617 g/mol. The molecule has 236 valence electrons. The van der Waals surface area contributed by atoms with E-state index in [1.807, 2.05) is 0 Å². The lowest BCUT2D eigenvalue weighted by Gasteiger charge is -2.19. The Morgan fingerprint density at radius 3 is 1.57 bits per heavy atom. The molecule has 0 fully saturated rings. The third kappa shape index (κ3) is 4.22. The Bertz CT molecular complexity index is 4840. The first-order valence-corrected chi connectivity index (χ1v) is 15.2. The van der Waals surface area contributed by atoms with Crippen LogP contribution in [0.3, 0.4) is 0 Å². The molecule has 1 aromatic heterocycles. The average Bonchev–Trinajstić information content (AvgIpc) is 3.39. The Balaban J connectivity index is 1.40. The predicted octanol–water partition coefficient (Wildman–Crippen LogP) is 14.4. The second-order valence-electron chi connectivity index (χ2n) is 11.3. The van der Waals surface area contributed by atoms with Gasteiger partial charge in [-0.2, -0.15) is 0 Å². The zero-order valence-electron chi connectivity index (χ0n) is 55.4. The minimum Gasteiger partial charge on any atom is -0.456 e. The van der Waals surface area contributed by atoms with E-state index < -0.39 is 285 Å². The number of rotatable bonds is 3. The first kappa shape index (κ1) is 11.7. The Labute approximate surface area is 336 Å². The number of fused-ring (bicyclic) bond motifs is 9. The Morgan fingerprint density at radius 1 is 0.314 bits per heavy atom. The molecule has 0 atom stereocenters. The van der Waals surface area contributed by atoms with Gasteiger partial charge >= 0.3 is 0 Å². The topological polar surface area (TPSA) is 13.1 Å². The molecule has 51 heavy (non-hydrogen) atoms. The van der Waals surface area contributed by atoms with Gasteiger partial charge in [-0.25, -0.2) is 0 Å². The quantitative estimate of drug-likeness (QED) is 0.170. The highest BCUT2D eigenvalue weighted by molar-refractivity contribution is 6.24. The lowest BCUT2D eigenvalue weighted by atomic mass is 9.84. The van der Waals surface area contributed by atoms with Gasteiger partial charge in [0, 0.05) is 10.8 Å². The van der Waals surface area contributed by atoms with Crippen LogP contribution in [-0.2, 0) is 0 Å². The minimum absolute atomic E-state index is 0.363. The van der Waals surface area contributed by atoms with Gasteiger partial charge in [0.1, 0.15) is 11.2 Å². The summed E-state index contributed by atoms with van der Waals surface area (Å²) >= 11 is 0. The van der Waals surface area contributed by atoms with E-state index >= 15 is 0 Å². The molecule has 0 saturated carbocycles. The zero-order valence-corrected chi connectivity index (χ0v) is 25.4. The normalized spacial score (nSPS) is 20.2. The monoisotopic (exact) mass is 676 g/mol. The molecule has 0 saturated heterocycles. The summed E-state index contributed by atoms with van der Waals surface area (Å²) < 4.78 is 279. The third-order valence-corrected chi connectivity index (χ3v) is 8.57. The molecule has 0 N–H and O–H groups in total. The number of furan rings is 1. The van der Waals surface area contributed by atoms with E-state index in [2.05, 4.69) is 0 Å². The van der Waals surface area contributed by atoms with Crippen LogP contribution in [0.4, 0.5) is 0 Å². The van der Waals surface area contributed by atoms with Crippen LogP contribution in [0.1, 0.15) is 41.1 Å². The van der Waals surface area contributed by atoms with Gasteiger partial charge in [-0.15, -0.1) is 0 Å². The highest BCUT2D eigenvalue weighted by Crippen LogP contribution is 2.46. The zero-order chi connectivity index (χ0) is 59.6. The summed E-state index contributed by atoms with van der Waals surface area (Å²) in [7, 11) is 0. The van der Waals surface area contributed by atoms with E-state index in [0.717, 1.165) is 0 Å². The van der Waals surface area contributed by atoms with Gasteiger partial charge in [0.15, 0.2) is 0 Å². The second-order valence-corrected chi connectivity index (χ2v) is 11.3. The molecule has 1 heteroatoms. The van der Waals surface area contributed by atoms with Crippen LogP contribution in [0.5, 0.6) is 0 Å². The molecule has 0 aliphatic rings. The summed E-state index contributed by atoms with van der Waals surface area (Å²) in [6.45, 7) is 0. The molecule has 10 aromatic carbocycles. The largest absolute Gasteiger partial charge is 0.456 e. The molecule has 0 spiro atoms. The fraction of sp³-hybridized carbons (Fsp3) is 0. The van der Waals surface area contributed by atoms with Gasteiger partial charge in [-0.1, -0.05) is 157 Å². The van der Waals surface area contributed by atoms with Crippen molar-refractivity contribution in [3.63, 3.8) is 0 Å². The number of hydrogen-bond acceptors (Lipinski definition) is 1. The van der Waals surface area contributed by atoms with E-state index in [1.54, 1.807) is 0 Å². The van der Waals surface area contributed by atoms with Crippen LogP contribution in [0, 0.1) is 0 Å². The molecular formula is C50H30O. The lowest BCUT2D eigenvalue weighted by Crippen LogP contribution is -1.92. The van der Waals surface area contributed by atoms with E-state index in [-0.39, 0.29) is 5.39 Å². The fourth-order valence-electron chi connectivity index (χ4n) is 6.42. The molecule has 0 aliphatic heterocycles. The fourth-order valence-corrected chi connectivity index (χ4v) is 6.42. The number of benzene rings is 10. The van der Waals surface area contributed by atoms with Crippen LogP contribution >= 0.6 is 0 Å². The first-order chi connectivity index (χ1) is 37.8. The molecule has 1 heterocycles. The van der Waals surface area contributed by atoms with E-state index in [4.69, 9.17) is 29.1 Å². The minimum atomic E-state index is -1.09. The van der Waals surface area contributed by atoms with Gasteiger partial charge in [-0.05, 0) is 111 Å². The van der Waals surface area contributed by atoms with Crippen LogP contribution < -0.4 is 0 Å². The van der Waals surface area contributed by atoms with Crippen molar-refractivity contribution >= 4 is 75.8 Å². The van der Waals surface area contributed by atoms with E-state index in [1.165, 1.54) is 0 Å². The van der Waals surface area contributed by atoms with Crippen LogP contribution in [0.2, 0.25) is 0 Å². The lowest BCUT2D eigenvalue weighted by molar-refractivity contribution is 0.669. The molecule has 0 unspecified atom stereocenters. The Morgan fingerprint density at radius 2 is 0.843 bits per heavy atom. The molecule has 0 aliphatic carbocycles.